The van der Waals surface area contributed by atoms with Gasteiger partial charge in [0, 0.05) is 0 Å². The molecule has 0 aromatic heterocycles. The third-order valence-electron chi connectivity index (χ3n) is 2.22. The molecule has 0 aliphatic carbocycles. The lowest BCUT2D eigenvalue weighted by atomic mass is 10.1. The molecule has 0 saturated heterocycles. The van der Waals surface area contributed by atoms with Gasteiger partial charge in [-0.1, -0.05) is 46.4 Å². The lowest BCUT2D eigenvalue weighted by molar-refractivity contribution is -0.143. The van der Waals surface area contributed by atoms with Crippen LogP contribution in [-0.2, 0) is 12.4 Å². The smallest absolute Gasteiger partial charge is 0.277 e. The minimum absolute atomic E-state index is 0.0288. The van der Waals surface area contributed by atoms with Crippen LogP contribution < -0.4 is 5.43 Å². The monoisotopic (exact) mass is 418 g/mol. The normalized spacial score (nSPS) is 13.0. The second kappa shape index (κ2) is 7.38. The number of hydrogen-bond acceptors (Lipinski definition) is 2. The second-order valence-electron chi connectivity index (χ2n) is 3.88. The van der Waals surface area contributed by atoms with Crippen molar-refractivity contribution in [1.82, 2.24) is 0 Å². The van der Waals surface area contributed by atoms with Crippen LogP contribution in [0.5, 0.6) is 0 Å². The Morgan fingerprint density at radius 2 is 1.26 bits per heavy atom. The van der Waals surface area contributed by atoms with E-state index in [-0.39, 0.29) is 6.07 Å². The van der Waals surface area contributed by atoms with E-state index in [1.165, 1.54) is 0 Å². The average Bonchev–Trinajstić information content (AvgIpc) is 2.41. The first kappa shape index (κ1) is 20.2. The molecule has 0 fully saturated rings. The molecule has 0 radical (unpaired) electrons. The van der Waals surface area contributed by atoms with Crippen molar-refractivity contribution in [3.05, 3.63) is 38.8 Å². The molecule has 0 atom stereocenters. The molecule has 0 bridgehead atoms. The molecule has 1 N–H and O–H groups in total. The highest BCUT2D eigenvalue weighted by atomic mass is 35.5. The molecule has 0 spiro atoms. The van der Waals surface area contributed by atoms with E-state index in [4.69, 9.17) is 46.4 Å². The average molecular weight is 420 g/mol. The summed E-state index contributed by atoms with van der Waals surface area (Å²) in [6.45, 7) is 0. The first-order chi connectivity index (χ1) is 10.3. The molecule has 1 aromatic carbocycles. The highest BCUT2D eigenvalue weighted by Crippen LogP contribution is 2.37. The first-order valence-corrected chi connectivity index (χ1v) is 6.83. The number of hydrogen-bond donors (Lipinski definition) is 1. The topological polar surface area (TPSA) is 24.4 Å². The molecule has 12 heteroatoms. The van der Waals surface area contributed by atoms with E-state index in [0.29, 0.717) is 12.1 Å². The zero-order chi connectivity index (χ0) is 18.0. The van der Waals surface area contributed by atoms with Crippen LogP contribution in [0.25, 0.3) is 0 Å². The Morgan fingerprint density at radius 1 is 0.826 bits per heavy atom. The predicted molar refractivity (Wildman–Crippen MR) is 77.9 cm³/mol. The fourth-order valence-corrected chi connectivity index (χ4v) is 1.71. The van der Waals surface area contributed by atoms with Crippen molar-refractivity contribution in [1.29, 1.82) is 0 Å². The van der Waals surface area contributed by atoms with E-state index in [9.17, 15) is 26.3 Å². The van der Waals surface area contributed by atoms with Gasteiger partial charge in [0.25, 0.3) is 0 Å². The molecule has 0 aliphatic heterocycles. The van der Waals surface area contributed by atoms with Crippen molar-refractivity contribution < 1.29 is 26.3 Å². The highest BCUT2D eigenvalue weighted by Gasteiger charge is 2.36. The maximum absolute atomic E-state index is 12.6. The van der Waals surface area contributed by atoms with Crippen LogP contribution in [0, 0.1) is 0 Å². The van der Waals surface area contributed by atoms with Gasteiger partial charge in [0.1, 0.15) is 9.52 Å². The quantitative estimate of drug-likeness (QED) is 0.334. The lowest BCUT2D eigenvalue weighted by Crippen LogP contribution is -2.11. The molecule has 0 aliphatic rings. The van der Waals surface area contributed by atoms with Crippen LogP contribution in [0.4, 0.5) is 32.0 Å². The second-order valence-corrected chi connectivity index (χ2v) is 5.57. The number of nitrogens with one attached hydrogen (secondary N) is 1. The van der Waals surface area contributed by atoms with Crippen molar-refractivity contribution in [3.63, 3.8) is 0 Å². The first-order valence-electron chi connectivity index (χ1n) is 5.32. The van der Waals surface area contributed by atoms with Crippen molar-refractivity contribution in [2.24, 2.45) is 5.10 Å². The van der Waals surface area contributed by atoms with E-state index >= 15 is 0 Å². The molecule has 0 amide bonds. The molecular formula is C11H4Cl4F6N2. The number of alkyl halides is 6. The summed E-state index contributed by atoms with van der Waals surface area (Å²) in [4.78, 5) is 0. The van der Waals surface area contributed by atoms with E-state index in [0.717, 1.165) is 0 Å². The van der Waals surface area contributed by atoms with E-state index < -0.39 is 43.9 Å². The maximum atomic E-state index is 12.6. The summed E-state index contributed by atoms with van der Waals surface area (Å²) in [5.41, 5.74) is -1.72. The Labute approximate surface area is 145 Å². The van der Waals surface area contributed by atoms with Gasteiger partial charge in [0.15, 0.2) is 5.17 Å². The van der Waals surface area contributed by atoms with Gasteiger partial charge in [-0.25, -0.2) is 0 Å². The molecule has 23 heavy (non-hydrogen) atoms. The van der Waals surface area contributed by atoms with Gasteiger partial charge >= 0.3 is 12.4 Å². The summed E-state index contributed by atoms with van der Waals surface area (Å²) >= 11 is 21.6. The molecule has 128 valence electrons. The van der Waals surface area contributed by atoms with Gasteiger partial charge in [-0.15, -0.1) is 0 Å². The Balaban J connectivity index is 3.27. The summed E-state index contributed by atoms with van der Waals surface area (Å²) in [5.74, 6) is 0. The SMILES string of the molecule is FC(F)(F)c1cc(N/N=C(\Cl)C(Cl)=C(Cl)Cl)cc(C(F)(F)F)c1. The van der Waals surface area contributed by atoms with Gasteiger partial charge in [0.05, 0.1) is 16.8 Å². The Hall–Kier alpha value is -0.830. The number of hydrazone groups is 1. The number of rotatable bonds is 3. The number of halogens is 10. The van der Waals surface area contributed by atoms with Gasteiger partial charge in [-0.3, -0.25) is 5.43 Å². The molecule has 0 heterocycles. The van der Waals surface area contributed by atoms with Gasteiger partial charge < -0.3 is 0 Å². The van der Waals surface area contributed by atoms with Gasteiger partial charge in [-0.2, -0.15) is 31.4 Å². The van der Waals surface area contributed by atoms with Crippen LogP contribution in [0.1, 0.15) is 11.1 Å². The minimum atomic E-state index is -4.98. The molecule has 0 saturated carbocycles. The number of anilines is 1. The molecule has 0 unspecified atom stereocenters. The molecule has 2 nitrogen and oxygen atoms in total. The Kier molecular flexibility index (Phi) is 6.48. The van der Waals surface area contributed by atoms with Crippen molar-refractivity contribution in [2.75, 3.05) is 5.43 Å². The van der Waals surface area contributed by atoms with Crippen LogP contribution in [-0.4, -0.2) is 5.17 Å². The largest absolute Gasteiger partial charge is 0.416 e. The van der Waals surface area contributed by atoms with Crippen LogP contribution >= 0.6 is 46.4 Å². The Morgan fingerprint density at radius 3 is 1.61 bits per heavy atom. The standard InChI is InChI=1S/C11H4Cl4F6N2/c12-7(8(13)14)9(15)23-22-6-2-4(10(16,17)18)1-5(3-6)11(19,20)21/h1-3,22H/b23-9-. The fourth-order valence-electron chi connectivity index (χ4n) is 1.26. The summed E-state index contributed by atoms with van der Waals surface area (Å²) in [5, 5.41) is 2.30. The summed E-state index contributed by atoms with van der Waals surface area (Å²) in [7, 11) is 0. The molecule has 1 rings (SSSR count). The Bertz CT molecular complexity index is 615. The van der Waals surface area contributed by atoms with Crippen LogP contribution in [0.15, 0.2) is 32.8 Å². The third kappa shape index (κ3) is 5.95. The van der Waals surface area contributed by atoms with E-state index in [2.05, 4.69) is 5.10 Å². The zero-order valence-electron chi connectivity index (χ0n) is 10.5. The summed E-state index contributed by atoms with van der Waals surface area (Å²) in [6, 6.07) is 0.810. The van der Waals surface area contributed by atoms with Gasteiger partial charge in [0.2, 0.25) is 0 Å². The van der Waals surface area contributed by atoms with E-state index in [1.54, 1.807) is 0 Å². The van der Waals surface area contributed by atoms with Crippen molar-refractivity contribution >= 4 is 57.3 Å². The fraction of sp³-hybridized carbons (Fsp3) is 0.182. The minimum Gasteiger partial charge on any atom is -0.277 e. The number of benzene rings is 1. The molecule has 1 aromatic rings. The lowest BCUT2D eigenvalue weighted by Gasteiger charge is -2.13. The third-order valence-corrected chi connectivity index (χ3v) is 3.53. The number of allylic oxidation sites excluding steroid dienone is 1. The highest BCUT2D eigenvalue weighted by molar-refractivity contribution is 6.79. The maximum Gasteiger partial charge on any atom is 0.416 e. The summed E-state index contributed by atoms with van der Waals surface area (Å²) < 4.78 is 75.4. The van der Waals surface area contributed by atoms with Crippen LogP contribution in [0.3, 0.4) is 0 Å². The number of nitrogens with zero attached hydrogens (tertiary/aromatic N) is 1. The zero-order valence-corrected chi connectivity index (χ0v) is 13.5. The van der Waals surface area contributed by atoms with Crippen molar-refractivity contribution in [3.8, 4) is 0 Å². The van der Waals surface area contributed by atoms with Crippen LogP contribution in [0.2, 0.25) is 0 Å². The predicted octanol–water partition coefficient (Wildman–Crippen LogP) is 6.57. The summed E-state index contributed by atoms with van der Waals surface area (Å²) in [6.07, 6.45) is -9.97. The molecular weight excluding hydrogens is 416 g/mol. The van der Waals surface area contributed by atoms with Crippen molar-refractivity contribution in [2.45, 2.75) is 12.4 Å². The van der Waals surface area contributed by atoms with Gasteiger partial charge in [-0.05, 0) is 18.2 Å². The van der Waals surface area contributed by atoms with E-state index in [1.807, 2.05) is 5.43 Å².